The maximum atomic E-state index is 12.8. The van der Waals surface area contributed by atoms with Crippen molar-refractivity contribution < 1.29 is 4.79 Å². The average molecular weight is 327 g/mol. The molecule has 7 heteroatoms. The summed E-state index contributed by atoms with van der Waals surface area (Å²) >= 11 is 1.51. The number of nitrogens with zero attached hydrogens (tertiary/aromatic N) is 5. The minimum absolute atomic E-state index is 0.128. The van der Waals surface area contributed by atoms with Crippen LogP contribution < -0.4 is 9.80 Å². The van der Waals surface area contributed by atoms with Gasteiger partial charge in [-0.1, -0.05) is 29.5 Å². The zero-order valence-electron chi connectivity index (χ0n) is 13.0. The highest BCUT2D eigenvalue weighted by Crippen LogP contribution is 2.29. The minimum Gasteiger partial charge on any atom is -0.338 e. The molecule has 3 heterocycles. The topological polar surface area (TPSA) is 53.7 Å². The van der Waals surface area contributed by atoms with Gasteiger partial charge in [-0.05, 0) is 25.5 Å². The van der Waals surface area contributed by atoms with Gasteiger partial charge in [0.1, 0.15) is 6.04 Å². The molecule has 23 heavy (non-hydrogen) atoms. The summed E-state index contributed by atoms with van der Waals surface area (Å²) in [6.07, 6.45) is 2.70. The first kappa shape index (κ1) is 14.2. The molecule has 0 N–H and O–H groups in total. The standard InChI is InChI=1S/C16H17N5OS/c1-11-10-21-15(17-11)23-16(18-21)19(2)13-8-9-20(14(13)22)12-6-4-3-5-7-12/h3-7,10,13H,8-9H2,1-2H3. The van der Waals surface area contributed by atoms with Gasteiger partial charge in [0.05, 0.1) is 11.9 Å². The molecule has 1 unspecified atom stereocenters. The molecular weight excluding hydrogens is 310 g/mol. The fourth-order valence-corrected chi connectivity index (χ4v) is 3.90. The summed E-state index contributed by atoms with van der Waals surface area (Å²) in [7, 11) is 1.93. The molecule has 1 atom stereocenters. The third kappa shape index (κ3) is 2.37. The Bertz CT molecular complexity index is 824. The second kappa shape index (κ2) is 5.34. The molecule has 3 aromatic rings. The summed E-state index contributed by atoms with van der Waals surface area (Å²) in [5.74, 6) is 0.128. The summed E-state index contributed by atoms with van der Waals surface area (Å²) in [5, 5.41) is 5.36. The van der Waals surface area contributed by atoms with Gasteiger partial charge in [-0.15, -0.1) is 5.10 Å². The molecule has 0 spiro atoms. The lowest BCUT2D eigenvalue weighted by Gasteiger charge is -2.23. The van der Waals surface area contributed by atoms with Gasteiger partial charge in [-0.3, -0.25) is 4.79 Å². The Balaban J connectivity index is 1.58. The van der Waals surface area contributed by atoms with E-state index in [9.17, 15) is 4.79 Å². The van der Waals surface area contributed by atoms with Crippen molar-refractivity contribution in [2.75, 3.05) is 23.4 Å². The van der Waals surface area contributed by atoms with Crippen molar-refractivity contribution in [3.8, 4) is 0 Å². The predicted molar refractivity (Wildman–Crippen MR) is 91.2 cm³/mol. The Hall–Kier alpha value is -2.41. The number of rotatable bonds is 3. The number of aromatic nitrogens is 3. The number of hydrogen-bond acceptors (Lipinski definition) is 5. The molecule has 2 aromatic heterocycles. The van der Waals surface area contributed by atoms with Crippen LogP contribution in [0.25, 0.3) is 4.96 Å². The lowest BCUT2D eigenvalue weighted by atomic mass is 10.2. The van der Waals surface area contributed by atoms with Crippen LogP contribution in [0.3, 0.4) is 0 Å². The Morgan fingerprint density at radius 2 is 2.09 bits per heavy atom. The summed E-state index contributed by atoms with van der Waals surface area (Å²) in [6.45, 7) is 2.68. The van der Waals surface area contributed by atoms with E-state index in [0.29, 0.717) is 0 Å². The minimum atomic E-state index is -0.174. The molecule has 6 nitrogen and oxygen atoms in total. The predicted octanol–water partition coefficient (Wildman–Crippen LogP) is 2.34. The van der Waals surface area contributed by atoms with Crippen LogP contribution in [0.15, 0.2) is 36.5 Å². The van der Waals surface area contributed by atoms with E-state index in [1.54, 1.807) is 4.52 Å². The molecule has 1 aromatic carbocycles. The third-order valence-electron chi connectivity index (χ3n) is 4.17. The number of hydrogen-bond donors (Lipinski definition) is 0. The number of fused-ring (bicyclic) bond motifs is 1. The summed E-state index contributed by atoms with van der Waals surface area (Å²) in [6, 6.07) is 9.64. The number of para-hydroxylation sites is 1. The first-order valence-electron chi connectivity index (χ1n) is 7.55. The highest BCUT2D eigenvalue weighted by molar-refractivity contribution is 7.20. The van der Waals surface area contributed by atoms with Crippen molar-refractivity contribution in [2.45, 2.75) is 19.4 Å². The van der Waals surface area contributed by atoms with Crippen molar-refractivity contribution >= 4 is 33.0 Å². The smallest absolute Gasteiger partial charge is 0.249 e. The number of likely N-dealkylation sites (N-methyl/N-ethyl adjacent to an activating group) is 1. The largest absolute Gasteiger partial charge is 0.338 e. The second-order valence-corrected chi connectivity index (χ2v) is 6.67. The lowest BCUT2D eigenvalue weighted by molar-refractivity contribution is -0.118. The zero-order chi connectivity index (χ0) is 16.0. The first-order valence-corrected chi connectivity index (χ1v) is 8.37. The quantitative estimate of drug-likeness (QED) is 0.741. The molecule has 1 amide bonds. The molecule has 118 valence electrons. The zero-order valence-corrected chi connectivity index (χ0v) is 13.8. The molecule has 1 fully saturated rings. The molecular formula is C16H17N5OS. The Morgan fingerprint density at radius 1 is 1.30 bits per heavy atom. The fraction of sp³-hybridized carbons (Fsp3) is 0.312. The summed E-state index contributed by atoms with van der Waals surface area (Å²) in [5.41, 5.74) is 1.91. The Kier molecular flexibility index (Phi) is 3.30. The van der Waals surface area contributed by atoms with E-state index in [1.807, 2.05) is 60.3 Å². The van der Waals surface area contributed by atoms with Crippen LogP contribution in [-0.2, 0) is 4.79 Å². The van der Waals surface area contributed by atoms with Crippen molar-refractivity contribution in [3.05, 3.63) is 42.2 Å². The van der Waals surface area contributed by atoms with Crippen LogP contribution in [0.1, 0.15) is 12.1 Å². The monoisotopic (exact) mass is 327 g/mol. The van der Waals surface area contributed by atoms with Gasteiger partial charge < -0.3 is 9.80 Å². The molecule has 0 aliphatic carbocycles. The highest BCUT2D eigenvalue weighted by atomic mass is 32.1. The molecule has 4 rings (SSSR count). The maximum Gasteiger partial charge on any atom is 0.249 e. The first-order chi connectivity index (χ1) is 11.1. The Labute approximate surface area is 138 Å². The van der Waals surface area contributed by atoms with Gasteiger partial charge in [0.2, 0.25) is 16.0 Å². The van der Waals surface area contributed by atoms with Crippen LogP contribution in [0.4, 0.5) is 10.8 Å². The number of imidazole rings is 1. The van der Waals surface area contributed by atoms with Crippen LogP contribution in [-0.4, -0.2) is 40.1 Å². The third-order valence-corrected chi connectivity index (χ3v) is 5.18. The lowest BCUT2D eigenvalue weighted by Crippen LogP contribution is -2.39. The fourth-order valence-electron chi connectivity index (χ4n) is 2.96. The van der Waals surface area contributed by atoms with E-state index >= 15 is 0 Å². The van der Waals surface area contributed by atoms with Crippen molar-refractivity contribution in [3.63, 3.8) is 0 Å². The van der Waals surface area contributed by atoms with Gasteiger partial charge in [0.25, 0.3) is 0 Å². The van der Waals surface area contributed by atoms with Crippen molar-refractivity contribution in [1.82, 2.24) is 14.6 Å². The normalized spacial score (nSPS) is 18.1. The highest BCUT2D eigenvalue weighted by Gasteiger charge is 2.36. The molecule has 1 aliphatic rings. The number of carbonyl (C=O) groups excluding carboxylic acids is 1. The van der Waals surface area contributed by atoms with Crippen molar-refractivity contribution in [2.24, 2.45) is 0 Å². The van der Waals surface area contributed by atoms with E-state index in [1.165, 1.54) is 11.3 Å². The van der Waals surface area contributed by atoms with Gasteiger partial charge in [0.15, 0.2) is 0 Å². The Morgan fingerprint density at radius 3 is 2.83 bits per heavy atom. The number of anilines is 2. The summed E-state index contributed by atoms with van der Waals surface area (Å²) < 4.78 is 1.78. The average Bonchev–Trinajstić information content (AvgIpc) is 3.20. The number of benzene rings is 1. The summed E-state index contributed by atoms with van der Waals surface area (Å²) in [4.78, 5) is 21.9. The van der Waals surface area contributed by atoms with E-state index < -0.39 is 0 Å². The molecule has 0 bridgehead atoms. The van der Waals surface area contributed by atoms with Gasteiger partial charge in [-0.25, -0.2) is 9.50 Å². The van der Waals surface area contributed by atoms with E-state index in [-0.39, 0.29) is 11.9 Å². The SMILES string of the molecule is Cc1cn2nc(N(C)C3CCN(c4ccccc4)C3=O)sc2n1. The van der Waals surface area contributed by atoms with Gasteiger partial charge >= 0.3 is 0 Å². The van der Waals surface area contributed by atoms with E-state index in [2.05, 4.69) is 10.1 Å². The van der Waals surface area contributed by atoms with E-state index in [0.717, 1.165) is 34.4 Å². The molecule has 1 saturated heterocycles. The second-order valence-electron chi connectivity index (χ2n) is 5.73. The van der Waals surface area contributed by atoms with Crippen molar-refractivity contribution in [1.29, 1.82) is 0 Å². The van der Waals surface area contributed by atoms with E-state index in [4.69, 9.17) is 0 Å². The van der Waals surface area contributed by atoms with Crippen LogP contribution in [0.5, 0.6) is 0 Å². The van der Waals surface area contributed by atoms with Gasteiger partial charge in [-0.2, -0.15) is 0 Å². The number of amides is 1. The van der Waals surface area contributed by atoms with Crippen LogP contribution in [0.2, 0.25) is 0 Å². The number of aryl methyl sites for hydroxylation is 1. The van der Waals surface area contributed by atoms with Gasteiger partial charge in [0, 0.05) is 19.3 Å². The number of carbonyl (C=O) groups is 1. The molecule has 0 saturated carbocycles. The van der Waals surface area contributed by atoms with Crippen LogP contribution >= 0.6 is 11.3 Å². The maximum absolute atomic E-state index is 12.8. The molecule has 0 radical (unpaired) electrons. The molecule has 1 aliphatic heterocycles. The van der Waals surface area contributed by atoms with Crippen LogP contribution in [0, 0.1) is 6.92 Å².